The molecule has 9 heteroatoms. The third-order valence-corrected chi connectivity index (χ3v) is 6.59. The van der Waals surface area contributed by atoms with Gasteiger partial charge in [-0.25, -0.2) is 13.9 Å². The topological polar surface area (TPSA) is 81.0 Å². The number of piperidine rings is 1. The van der Waals surface area contributed by atoms with Crippen molar-refractivity contribution in [3.05, 3.63) is 72.3 Å². The second kappa shape index (κ2) is 10.2. The number of rotatable bonds is 7. The number of nitrogens with one attached hydrogen (secondary N) is 1. The molecular formula is C27H28FN5O3. The summed E-state index contributed by atoms with van der Waals surface area (Å²) >= 11 is 0. The average Bonchev–Trinajstić information content (AvgIpc) is 3.36. The molecule has 2 aromatic heterocycles. The Kier molecular flexibility index (Phi) is 6.71. The molecular weight excluding hydrogens is 461 g/mol. The summed E-state index contributed by atoms with van der Waals surface area (Å²) in [6.07, 6.45) is 5.00. The second-order valence-electron chi connectivity index (χ2n) is 8.79. The minimum Gasteiger partial charge on any atom is -0.493 e. The molecule has 2 aromatic carbocycles. The van der Waals surface area contributed by atoms with E-state index in [1.807, 2.05) is 24.3 Å². The lowest BCUT2D eigenvalue weighted by molar-refractivity contribution is -0.125. The molecule has 0 saturated carbocycles. The lowest BCUT2D eigenvalue weighted by Crippen LogP contribution is -2.40. The van der Waals surface area contributed by atoms with Gasteiger partial charge >= 0.3 is 0 Å². The van der Waals surface area contributed by atoms with Crippen molar-refractivity contribution in [3.8, 4) is 22.8 Å². The van der Waals surface area contributed by atoms with Crippen LogP contribution in [0.25, 0.3) is 16.8 Å². The molecule has 3 heterocycles. The number of carbonyl (C=O) groups is 1. The van der Waals surface area contributed by atoms with E-state index in [9.17, 15) is 9.18 Å². The first kappa shape index (κ1) is 23.6. The molecule has 0 bridgehead atoms. The average molecular weight is 490 g/mol. The lowest BCUT2D eigenvalue weighted by atomic mass is 9.95. The number of amides is 1. The Morgan fingerprint density at radius 1 is 1.06 bits per heavy atom. The molecule has 4 aromatic rings. The molecule has 0 atom stereocenters. The normalized spacial score (nSPS) is 14.1. The molecule has 1 saturated heterocycles. The fraction of sp³-hybridized carbons (Fsp3) is 0.296. The molecule has 186 valence electrons. The highest BCUT2D eigenvalue weighted by atomic mass is 19.1. The molecule has 1 aliphatic heterocycles. The zero-order valence-corrected chi connectivity index (χ0v) is 20.3. The van der Waals surface area contributed by atoms with Crippen LogP contribution in [-0.2, 0) is 11.3 Å². The fourth-order valence-electron chi connectivity index (χ4n) is 4.59. The number of fused-ring (bicyclic) bond motifs is 1. The molecule has 0 radical (unpaired) electrons. The van der Waals surface area contributed by atoms with E-state index < -0.39 is 0 Å². The Morgan fingerprint density at radius 3 is 2.53 bits per heavy atom. The van der Waals surface area contributed by atoms with Gasteiger partial charge in [-0.05, 0) is 60.9 Å². The predicted molar refractivity (Wildman–Crippen MR) is 135 cm³/mol. The summed E-state index contributed by atoms with van der Waals surface area (Å²) < 4.78 is 25.7. The van der Waals surface area contributed by atoms with E-state index in [1.54, 1.807) is 43.3 Å². The van der Waals surface area contributed by atoms with Crippen LogP contribution in [0.3, 0.4) is 0 Å². The molecule has 1 aliphatic rings. The minimum atomic E-state index is -0.277. The lowest BCUT2D eigenvalue weighted by Gasteiger charge is -2.32. The largest absolute Gasteiger partial charge is 0.493 e. The van der Waals surface area contributed by atoms with Gasteiger partial charge in [0.05, 0.1) is 19.9 Å². The zero-order chi connectivity index (χ0) is 25.1. The molecule has 36 heavy (non-hydrogen) atoms. The minimum absolute atomic E-state index is 0.0542. The van der Waals surface area contributed by atoms with Crippen LogP contribution in [0.1, 0.15) is 18.4 Å². The molecule has 8 nitrogen and oxygen atoms in total. The molecule has 1 N–H and O–H groups in total. The second-order valence-corrected chi connectivity index (χ2v) is 8.79. The van der Waals surface area contributed by atoms with Crippen molar-refractivity contribution in [3.63, 3.8) is 0 Å². The number of hydrogen-bond donors (Lipinski definition) is 1. The number of hydrogen-bond acceptors (Lipinski definition) is 6. The molecule has 1 amide bonds. The van der Waals surface area contributed by atoms with E-state index in [2.05, 4.69) is 20.3 Å². The number of aromatic nitrogens is 3. The van der Waals surface area contributed by atoms with Gasteiger partial charge in [-0.2, -0.15) is 5.10 Å². The summed E-state index contributed by atoms with van der Waals surface area (Å²) in [4.78, 5) is 19.7. The number of halogens is 1. The Bertz CT molecular complexity index is 1360. The first-order chi connectivity index (χ1) is 17.6. The monoisotopic (exact) mass is 489 g/mol. The van der Waals surface area contributed by atoms with Crippen LogP contribution in [0.2, 0.25) is 0 Å². The Labute approximate surface area is 208 Å². The van der Waals surface area contributed by atoms with Crippen LogP contribution in [0.15, 0.2) is 60.9 Å². The van der Waals surface area contributed by atoms with Crippen molar-refractivity contribution < 1.29 is 18.7 Å². The van der Waals surface area contributed by atoms with E-state index in [1.165, 1.54) is 12.1 Å². The van der Waals surface area contributed by atoms with Gasteiger partial charge in [0.1, 0.15) is 11.3 Å². The standard InChI is InChI=1S/C27H28FN5O3/c1-35-24-8-3-18(15-25(24)36-2)17-30-27(34)20-9-12-32(13-10-20)26-23-16-22(31-33(23)14-11-29-26)19-4-6-21(28)7-5-19/h3-8,11,14-16,20H,9-10,12-13,17H2,1-2H3,(H,30,34). The fourth-order valence-corrected chi connectivity index (χ4v) is 4.59. The van der Waals surface area contributed by atoms with Crippen LogP contribution >= 0.6 is 0 Å². The van der Waals surface area contributed by atoms with Gasteiger partial charge in [-0.1, -0.05) is 6.07 Å². The maximum Gasteiger partial charge on any atom is 0.223 e. The van der Waals surface area contributed by atoms with E-state index in [4.69, 9.17) is 9.47 Å². The smallest absolute Gasteiger partial charge is 0.223 e. The van der Waals surface area contributed by atoms with Crippen molar-refractivity contribution in [2.24, 2.45) is 5.92 Å². The highest BCUT2D eigenvalue weighted by molar-refractivity contribution is 5.79. The van der Waals surface area contributed by atoms with Crippen molar-refractivity contribution >= 4 is 17.2 Å². The van der Waals surface area contributed by atoms with E-state index in [-0.39, 0.29) is 17.6 Å². The van der Waals surface area contributed by atoms with Gasteiger partial charge in [0, 0.05) is 43.5 Å². The third-order valence-electron chi connectivity index (χ3n) is 6.59. The first-order valence-electron chi connectivity index (χ1n) is 11.9. The van der Waals surface area contributed by atoms with Crippen LogP contribution in [-0.4, -0.2) is 47.8 Å². The predicted octanol–water partition coefficient (Wildman–Crippen LogP) is 4.09. The number of carbonyl (C=O) groups excluding carboxylic acids is 1. The van der Waals surface area contributed by atoms with Crippen LogP contribution in [0.4, 0.5) is 10.2 Å². The summed E-state index contributed by atoms with van der Waals surface area (Å²) in [5.74, 6) is 1.86. The number of ether oxygens (including phenoxy) is 2. The van der Waals surface area contributed by atoms with Gasteiger partial charge in [0.2, 0.25) is 5.91 Å². The molecule has 5 rings (SSSR count). The van der Waals surface area contributed by atoms with Crippen LogP contribution < -0.4 is 19.7 Å². The van der Waals surface area contributed by atoms with Crippen LogP contribution in [0, 0.1) is 11.7 Å². The van der Waals surface area contributed by atoms with Gasteiger partial charge in [0.25, 0.3) is 0 Å². The van der Waals surface area contributed by atoms with Crippen LogP contribution in [0.5, 0.6) is 11.5 Å². The van der Waals surface area contributed by atoms with Gasteiger partial charge in [-0.3, -0.25) is 4.79 Å². The van der Waals surface area contributed by atoms with Gasteiger partial charge < -0.3 is 19.7 Å². The molecule has 0 spiro atoms. The summed E-state index contributed by atoms with van der Waals surface area (Å²) in [6.45, 7) is 1.87. The van der Waals surface area contributed by atoms with E-state index >= 15 is 0 Å². The summed E-state index contributed by atoms with van der Waals surface area (Å²) in [7, 11) is 3.19. The van der Waals surface area contributed by atoms with Crippen molar-refractivity contribution in [1.29, 1.82) is 0 Å². The molecule has 1 fully saturated rings. The number of nitrogens with zero attached hydrogens (tertiary/aromatic N) is 4. The van der Waals surface area contributed by atoms with Crippen molar-refractivity contribution in [2.75, 3.05) is 32.2 Å². The Hall–Kier alpha value is -4.14. The van der Waals surface area contributed by atoms with E-state index in [0.717, 1.165) is 54.1 Å². The highest BCUT2D eigenvalue weighted by Gasteiger charge is 2.27. The first-order valence-corrected chi connectivity index (χ1v) is 11.9. The number of benzene rings is 2. The molecule has 0 aliphatic carbocycles. The highest BCUT2D eigenvalue weighted by Crippen LogP contribution is 2.29. The number of methoxy groups -OCH3 is 2. The quantitative estimate of drug-likeness (QED) is 0.421. The summed E-state index contributed by atoms with van der Waals surface area (Å²) in [5.41, 5.74) is 3.43. The SMILES string of the molecule is COc1ccc(CNC(=O)C2CCN(c3nccn4nc(-c5ccc(F)cc5)cc34)CC2)cc1OC. The molecule has 0 unspecified atom stereocenters. The zero-order valence-electron chi connectivity index (χ0n) is 20.3. The van der Waals surface area contributed by atoms with E-state index in [0.29, 0.717) is 18.0 Å². The number of anilines is 1. The Morgan fingerprint density at radius 2 is 1.81 bits per heavy atom. The summed E-state index contributed by atoms with van der Waals surface area (Å²) in [5, 5.41) is 7.69. The van der Waals surface area contributed by atoms with Crippen molar-refractivity contribution in [1.82, 2.24) is 19.9 Å². The maximum absolute atomic E-state index is 13.3. The third kappa shape index (κ3) is 4.82. The van der Waals surface area contributed by atoms with Gasteiger partial charge in [0.15, 0.2) is 17.3 Å². The van der Waals surface area contributed by atoms with Crippen molar-refractivity contribution in [2.45, 2.75) is 19.4 Å². The Balaban J connectivity index is 1.22. The van der Waals surface area contributed by atoms with Gasteiger partial charge in [-0.15, -0.1) is 0 Å². The summed E-state index contributed by atoms with van der Waals surface area (Å²) in [6, 6.07) is 13.9. The maximum atomic E-state index is 13.3.